The van der Waals surface area contributed by atoms with E-state index in [0.29, 0.717) is 17.7 Å². The molecule has 5 nitrogen and oxygen atoms in total. The lowest BCUT2D eigenvalue weighted by Gasteiger charge is -2.13. The number of carbonyl (C=O) groups is 1. The molecule has 1 aromatic heterocycles. The van der Waals surface area contributed by atoms with Gasteiger partial charge in [-0.05, 0) is 37.1 Å². The Balaban J connectivity index is 2.03. The van der Waals surface area contributed by atoms with E-state index in [4.69, 9.17) is 0 Å². The Labute approximate surface area is 137 Å². The molecule has 0 saturated heterocycles. The smallest absolute Gasteiger partial charge is 0.348 e. The summed E-state index contributed by atoms with van der Waals surface area (Å²) in [5.41, 5.74) is 0.0585. The molecule has 0 aliphatic rings. The van der Waals surface area contributed by atoms with E-state index in [2.05, 4.69) is 15.4 Å². The minimum atomic E-state index is -4.41. The van der Waals surface area contributed by atoms with Crippen LogP contribution < -0.4 is 5.32 Å². The first-order valence-corrected chi connectivity index (χ1v) is 7.24. The summed E-state index contributed by atoms with van der Waals surface area (Å²) in [7, 11) is 0. The minimum Gasteiger partial charge on any atom is -0.348 e. The van der Waals surface area contributed by atoms with E-state index in [9.17, 15) is 18.0 Å². The number of rotatable bonds is 5. The molecule has 24 heavy (non-hydrogen) atoms. The summed E-state index contributed by atoms with van der Waals surface area (Å²) >= 11 is 0. The summed E-state index contributed by atoms with van der Waals surface area (Å²) in [4.78, 5) is 15.8. The number of nitrogens with zero attached hydrogens (tertiary/aromatic N) is 3. The van der Waals surface area contributed by atoms with Crippen molar-refractivity contribution in [2.24, 2.45) is 0 Å². The quantitative estimate of drug-likeness (QED) is 0.853. The van der Waals surface area contributed by atoms with Crippen LogP contribution in [-0.2, 0) is 17.5 Å². The maximum atomic E-state index is 12.7. The van der Waals surface area contributed by atoms with Crippen LogP contribution in [0.1, 0.15) is 25.0 Å². The zero-order valence-corrected chi connectivity index (χ0v) is 13.2. The third kappa shape index (κ3) is 4.94. The molecule has 2 rings (SSSR count). The van der Waals surface area contributed by atoms with Gasteiger partial charge in [0.25, 0.3) is 0 Å². The highest BCUT2D eigenvalue weighted by molar-refractivity contribution is 5.95. The fraction of sp³-hybridized carbons (Fsp3) is 0.312. The molecule has 1 aromatic carbocycles. The molecule has 1 amide bonds. The fourth-order valence-corrected chi connectivity index (χ4v) is 2.16. The molecule has 1 unspecified atom stereocenters. The largest absolute Gasteiger partial charge is 0.416 e. The maximum Gasteiger partial charge on any atom is 0.416 e. The monoisotopic (exact) mass is 338 g/mol. The topological polar surface area (TPSA) is 59.8 Å². The Kier molecular flexibility index (Phi) is 5.38. The molecule has 0 radical (unpaired) electrons. The van der Waals surface area contributed by atoms with Crippen molar-refractivity contribution in [3.8, 4) is 0 Å². The van der Waals surface area contributed by atoms with E-state index in [1.165, 1.54) is 30.9 Å². The van der Waals surface area contributed by atoms with Crippen molar-refractivity contribution in [3.05, 3.63) is 54.1 Å². The number of halogens is 3. The number of aromatic nitrogens is 3. The van der Waals surface area contributed by atoms with Crippen molar-refractivity contribution >= 4 is 11.5 Å². The normalized spacial score (nSPS) is 13.6. The van der Waals surface area contributed by atoms with Gasteiger partial charge < -0.3 is 5.32 Å². The van der Waals surface area contributed by atoms with Gasteiger partial charge in [0.2, 0.25) is 5.91 Å². The van der Waals surface area contributed by atoms with E-state index in [0.717, 1.165) is 12.1 Å². The second-order valence-corrected chi connectivity index (χ2v) is 5.43. The van der Waals surface area contributed by atoms with Gasteiger partial charge in [-0.25, -0.2) is 4.98 Å². The average Bonchev–Trinajstić information content (AvgIpc) is 2.99. The maximum absolute atomic E-state index is 12.7. The first kappa shape index (κ1) is 17.7. The summed E-state index contributed by atoms with van der Waals surface area (Å²) in [5.74, 6) is -0.377. The SMILES string of the molecule is C/C(=C\C(=O)NC(C)Cn1cncn1)c1cccc(C(F)(F)F)c1. The van der Waals surface area contributed by atoms with Crippen LogP contribution in [0.15, 0.2) is 43.0 Å². The number of carbonyl (C=O) groups excluding carboxylic acids is 1. The van der Waals surface area contributed by atoms with Gasteiger partial charge in [0, 0.05) is 12.1 Å². The Morgan fingerprint density at radius 1 is 1.42 bits per heavy atom. The molecule has 0 aliphatic heterocycles. The third-order valence-corrected chi connectivity index (χ3v) is 3.31. The molecule has 0 saturated carbocycles. The molecule has 128 valence electrons. The van der Waals surface area contributed by atoms with Crippen molar-refractivity contribution in [1.82, 2.24) is 20.1 Å². The Morgan fingerprint density at radius 2 is 2.17 bits per heavy atom. The van der Waals surface area contributed by atoms with Crippen molar-refractivity contribution in [2.75, 3.05) is 0 Å². The average molecular weight is 338 g/mol. The van der Waals surface area contributed by atoms with Gasteiger partial charge in [-0.15, -0.1) is 0 Å². The van der Waals surface area contributed by atoms with Crippen molar-refractivity contribution < 1.29 is 18.0 Å². The van der Waals surface area contributed by atoms with E-state index in [1.54, 1.807) is 18.5 Å². The van der Waals surface area contributed by atoms with Gasteiger partial charge in [0.05, 0.1) is 12.1 Å². The standard InChI is InChI=1S/C16H17F3N4O/c1-11(13-4-3-5-14(7-13)16(17,18)19)6-15(24)22-12(2)8-23-10-20-9-21-23/h3-7,9-10,12H,8H2,1-2H3,(H,22,24)/b11-6+. The third-order valence-electron chi connectivity index (χ3n) is 3.31. The van der Waals surface area contributed by atoms with E-state index < -0.39 is 11.7 Å². The first-order valence-electron chi connectivity index (χ1n) is 7.24. The zero-order chi connectivity index (χ0) is 17.7. The summed E-state index contributed by atoms with van der Waals surface area (Å²) in [5, 5.41) is 6.67. The first-order chi connectivity index (χ1) is 11.3. The molecule has 0 aliphatic carbocycles. The Bertz CT molecular complexity index is 723. The molecular formula is C16H17F3N4O. The number of nitrogens with one attached hydrogen (secondary N) is 1. The molecule has 0 fully saturated rings. The van der Waals surface area contributed by atoms with Crippen LogP contribution in [0, 0.1) is 0 Å². The van der Waals surface area contributed by atoms with Gasteiger partial charge in [0.1, 0.15) is 12.7 Å². The highest BCUT2D eigenvalue weighted by Crippen LogP contribution is 2.30. The molecule has 1 N–H and O–H groups in total. The number of amides is 1. The van der Waals surface area contributed by atoms with Crippen LogP contribution >= 0.6 is 0 Å². The van der Waals surface area contributed by atoms with E-state index >= 15 is 0 Å². The molecule has 2 aromatic rings. The van der Waals surface area contributed by atoms with Gasteiger partial charge in [-0.2, -0.15) is 18.3 Å². The molecular weight excluding hydrogens is 321 g/mol. The number of allylic oxidation sites excluding steroid dienone is 1. The lowest BCUT2D eigenvalue weighted by atomic mass is 10.0. The lowest BCUT2D eigenvalue weighted by molar-refractivity contribution is -0.137. The van der Waals surface area contributed by atoms with Crippen molar-refractivity contribution in [1.29, 1.82) is 0 Å². The molecule has 0 spiro atoms. The van der Waals surface area contributed by atoms with Gasteiger partial charge in [0.15, 0.2) is 0 Å². The van der Waals surface area contributed by atoms with Gasteiger partial charge in [-0.1, -0.05) is 12.1 Å². The summed E-state index contributed by atoms with van der Waals surface area (Å²) in [6.07, 6.45) is -0.198. The molecule has 8 heteroatoms. The summed E-state index contributed by atoms with van der Waals surface area (Å²) in [6.45, 7) is 3.84. The van der Waals surface area contributed by atoms with Crippen LogP contribution in [0.3, 0.4) is 0 Å². The van der Waals surface area contributed by atoms with Gasteiger partial charge in [-0.3, -0.25) is 9.48 Å². The van der Waals surface area contributed by atoms with Crippen LogP contribution in [-0.4, -0.2) is 26.7 Å². The van der Waals surface area contributed by atoms with Crippen molar-refractivity contribution in [2.45, 2.75) is 32.6 Å². The predicted molar refractivity (Wildman–Crippen MR) is 82.7 cm³/mol. The van der Waals surface area contributed by atoms with E-state index in [1.807, 2.05) is 0 Å². The van der Waals surface area contributed by atoms with Crippen LogP contribution in [0.25, 0.3) is 5.57 Å². The number of benzene rings is 1. The van der Waals surface area contributed by atoms with Crippen LogP contribution in [0.5, 0.6) is 0 Å². The molecule has 1 heterocycles. The molecule has 1 atom stereocenters. The highest BCUT2D eigenvalue weighted by Gasteiger charge is 2.30. The number of hydrogen-bond acceptors (Lipinski definition) is 3. The highest BCUT2D eigenvalue weighted by atomic mass is 19.4. The number of hydrogen-bond donors (Lipinski definition) is 1. The summed E-state index contributed by atoms with van der Waals surface area (Å²) in [6, 6.07) is 4.67. The van der Waals surface area contributed by atoms with Crippen molar-refractivity contribution in [3.63, 3.8) is 0 Å². The summed E-state index contributed by atoms with van der Waals surface area (Å²) < 4.78 is 39.8. The van der Waals surface area contributed by atoms with Gasteiger partial charge >= 0.3 is 6.18 Å². The second kappa shape index (κ2) is 7.29. The molecule has 0 bridgehead atoms. The Hall–Kier alpha value is -2.64. The van der Waals surface area contributed by atoms with Crippen LogP contribution in [0.4, 0.5) is 13.2 Å². The zero-order valence-electron chi connectivity index (χ0n) is 13.2. The number of alkyl halides is 3. The Morgan fingerprint density at radius 3 is 2.79 bits per heavy atom. The van der Waals surface area contributed by atoms with E-state index in [-0.39, 0.29) is 11.9 Å². The van der Waals surface area contributed by atoms with Crippen LogP contribution in [0.2, 0.25) is 0 Å². The predicted octanol–water partition coefficient (Wildman–Crippen LogP) is 2.91. The fourth-order valence-electron chi connectivity index (χ4n) is 2.16. The minimum absolute atomic E-state index is 0.204. The lowest BCUT2D eigenvalue weighted by Crippen LogP contribution is -2.34. The second-order valence-electron chi connectivity index (χ2n) is 5.43.